The van der Waals surface area contributed by atoms with E-state index in [2.05, 4.69) is 5.32 Å². The van der Waals surface area contributed by atoms with Crippen molar-refractivity contribution in [1.82, 2.24) is 9.62 Å². The molecule has 1 aromatic rings. The van der Waals surface area contributed by atoms with Crippen molar-refractivity contribution in [3.05, 3.63) is 35.4 Å². The van der Waals surface area contributed by atoms with Crippen molar-refractivity contribution in [3.63, 3.8) is 0 Å². The maximum Gasteiger partial charge on any atom is 0.238 e. The van der Waals surface area contributed by atoms with Crippen molar-refractivity contribution in [2.45, 2.75) is 39.3 Å². The van der Waals surface area contributed by atoms with Gasteiger partial charge >= 0.3 is 0 Å². The number of benzene rings is 1. The highest BCUT2D eigenvalue weighted by Crippen LogP contribution is 2.26. The molecule has 0 spiro atoms. The van der Waals surface area contributed by atoms with Crippen LogP contribution in [0.3, 0.4) is 0 Å². The van der Waals surface area contributed by atoms with Crippen LogP contribution in [0.2, 0.25) is 0 Å². The first-order chi connectivity index (χ1) is 11.5. The van der Waals surface area contributed by atoms with Gasteiger partial charge in [0.05, 0.1) is 5.75 Å². The lowest BCUT2D eigenvalue weighted by Gasteiger charge is -2.34. The van der Waals surface area contributed by atoms with Crippen molar-refractivity contribution in [2.75, 3.05) is 25.5 Å². The molecule has 0 saturated heterocycles. The Hall–Kier alpha value is -1.44. The van der Waals surface area contributed by atoms with E-state index in [-0.39, 0.29) is 18.2 Å². The molecule has 0 saturated carbocycles. The normalized spacial score (nSPS) is 18.2. The number of nitrogens with zero attached hydrogens (tertiary/aromatic N) is 1. The second kappa shape index (κ2) is 8.60. The van der Waals surface area contributed by atoms with E-state index in [1.165, 1.54) is 4.31 Å². The van der Waals surface area contributed by atoms with Crippen LogP contribution < -0.4 is 5.32 Å². The zero-order chi connectivity index (χ0) is 17.6. The zero-order valence-electron chi connectivity index (χ0n) is 14.3. The molecule has 1 aliphatic heterocycles. The number of ether oxygens (including phenoxy) is 1. The topological polar surface area (TPSA) is 75.7 Å². The first kappa shape index (κ1) is 18.9. The van der Waals surface area contributed by atoms with E-state index in [1.807, 2.05) is 31.2 Å². The number of carbonyl (C=O) groups excluding carboxylic acids is 1. The summed E-state index contributed by atoms with van der Waals surface area (Å²) in [7, 11) is -3.45. The van der Waals surface area contributed by atoms with Gasteiger partial charge in [-0.2, -0.15) is 4.31 Å². The summed E-state index contributed by atoms with van der Waals surface area (Å²) in [5.74, 6) is -0.249. The maximum atomic E-state index is 12.6. The van der Waals surface area contributed by atoms with Gasteiger partial charge in [-0.1, -0.05) is 24.3 Å². The molecule has 1 heterocycles. The molecule has 7 heteroatoms. The number of nitrogens with one attached hydrogen (secondary N) is 1. The van der Waals surface area contributed by atoms with Gasteiger partial charge in [-0.15, -0.1) is 0 Å². The summed E-state index contributed by atoms with van der Waals surface area (Å²) in [4.78, 5) is 12.6. The van der Waals surface area contributed by atoms with Crippen LogP contribution in [-0.4, -0.2) is 50.2 Å². The third-order valence-electron chi connectivity index (χ3n) is 4.20. The number of rotatable bonds is 8. The lowest BCUT2D eigenvalue weighted by Crippen LogP contribution is -2.53. The van der Waals surface area contributed by atoms with Gasteiger partial charge in [0.2, 0.25) is 15.9 Å². The molecule has 0 aliphatic carbocycles. The van der Waals surface area contributed by atoms with Crippen molar-refractivity contribution < 1.29 is 17.9 Å². The van der Waals surface area contributed by atoms with Gasteiger partial charge in [0.15, 0.2) is 0 Å². The van der Waals surface area contributed by atoms with E-state index in [0.29, 0.717) is 32.6 Å². The fraction of sp³-hybridized carbons (Fsp3) is 0.588. The number of amides is 1. The summed E-state index contributed by atoms with van der Waals surface area (Å²) >= 11 is 0. The van der Waals surface area contributed by atoms with Gasteiger partial charge in [0.1, 0.15) is 6.04 Å². The minimum absolute atomic E-state index is 0.0106. The molecule has 1 aromatic carbocycles. The summed E-state index contributed by atoms with van der Waals surface area (Å²) in [6.07, 6.45) is 1.12. The third-order valence-corrected chi connectivity index (χ3v) is 6.03. The minimum atomic E-state index is -3.45. The van der Waals surface area contributed by atoms with E-state index in [1.54, 1.807) is 6.92 Å². The van der Waals surface area contributed by atoms with Crippen molar-refractivity contribution >= 4 is 15.9 Å². The van der Waals surface area contributed by atoms with Crippen LogP contribution in [-0.2, 0) is 32.5 Å². The van der Waals surface area contributed by atoms with Crippen LogP contribution in [0.5, 0.6) is 0 Å². The Labute approximate surface area is 144 Å². The Kier molecular flexibility index (Phi) is 6.77. The van der Waals surface area contributed by atoms with E-state index in [9.17, 15) is 13.2 Å². The summed E-state index contributed by atoms with van der Waals surface area (Å²) in [5.41, 5.74) is 2.00. The Bertz CT molecular complexity index is 660. The molecule has 134 valence electrons. The largest absolute Gasteiger partial charge is 0.382 e. The SMILES string of the molecule is CCOCCCNC(=O)C1Cc2ccccc2CN1S(=O)(=O)CC. The second-order valence-corrected chi connectivity index (χ2v) is 7.99. The highest BCUT2D eigenvalue weighted by Gasteiger charge is 2.37. The predicted octanol–water partition coefficient (Wildman–Crippen LogP) is 1.31. The summed E-state index contributed by atoms with van der Waals surface area (Å²) < 4.78 is 31.4. The Morgan fingerprint density at radius 2 is 2.00 bits per heavy atom. The molecule has 0 radical (unpaired) electrons. The number of fused-ring (bicyclic) bond motifs is 1. The lowest BCUT2D eigenvalue weighted by molar-refractivity contribution is -0.125. The number of hydrogen-bond acceptors (Lipinski definition) is 4. The Morgan fingerprint density at radius 1 is 1.29 bits per heavy atom. The average molecular weight is 354 g/mol. The van der Waals surface area contributed by atoms with Gasteiger partial charge in [-0.25, -0.2) is 8.42 Å². The molecule has 24 heavy (non-hydrogen) atoms. The zero-order valence-corrected chi connectivity index (χ0v) is 15.1. The molecule has 2 rings (SSSR count). The fourth-order valence-corrected chi connectivity index (χ4v) is 4.05. The van der Waals surface area contributed by atoms with E-state index in [4.69, 9.17) is 4.74 Å². The first-order valence-corrected chi connectivity index (χ1v) is 10.0. The molecule has 1 atom stereocenters. The van der Waals surface area contributed by atoms with Crippen LogP contribution in [0, 0.1) is 0 Å². The molecule has 1 aliphatic rings. The van der Waals surface area contributed by atoms with E-state index >= 15 is 0 Å². The van der Waals surface area contributed by atoms with Crippen molar-refractivity contribution in [3.8, 4) is 0 Å². The third kappa shape index (κ3) is 4.55. The number of carbonyl (C=O) groups is 1. The monoisotopic (exact) mass is 354 g/mol. The smallest absolute Gasteiger partial charge is 0.238 e. The molecular formula is C17H26N2O4S. The molecule has 0 bridgehead atoms. The van der Waals surface area contributed by atoms with Crippen LogP contribution in [0.25, 0.3) is 0 Å². The van der Waals surface area contributed by atoms with Crippen LogP contribution in [0.1, 0.15) is 31.4 Å². The van der Waals surface area contributed by atoms with E-state index in [0.717, 1.165) is 11.1 Å². The molecule has 1 unspecified atom stereocenters. The summed E-state index contributed by atoms with van der Waals surface area (Å²) in [6, 6.07) is 7.01. The highest BCUT2D eigenvalue weighted by molar-refractivity contribution is 7.89. The van der Waals surface area contributed by atoms with Crippen LogP contribution in [0.15, 0.2) is 24.3 Å². The summed E-state index contributed by atoms with van der Waals surface area (Å²) in [6.45, 7) is 5.50. The molecule has 1 N–H and O–H groups in total. The molecule has 6 nitrogen and oxygen atoms in total. The first-order valence-electron chi connectivity index (χ1n) is 8.41. The van der Waals surface area contributed by atoms with Crippen molar-refractivity contribution in [2.24, 2.45) is 0 Å². The number of hydrogen-bond donors (Lipinski definition) is 1. The molecule has 0 aromatic heterocycles. The van der Waals surface area contributed by atoms with Gasteiger partial charge < -0.3 is 10.1 Å². The highest BCUT2D eigenvalue weighted by atomic mass is 32.2. The van der Waals surface area contributed by atoms with Gasteiger partial charge in [0.25, 0.3) is 0 Å². The van der Waals surface area contributed by atoms with Crippen LogP contribution >= 0.6 is 0 Å². The minimum Gasteiger partial charge on any atom is -0.382 e. The van der Waals surface area contributed by atoms with E-state index < -0.39 is 16.1 Å². The second-order valence-electron chi connectivity index (χ2n) is 5.78. The Balaban J connectivity index is 2.11. The van der Waals surface area contributed by atoms with Gasteiger partial charge in [-0.05, 0) is 37.8 Å². The van der Waals surface area contributed by atoms with Gasteiger partial charge in [-0.3, -0.25) is 4.79 Å². The molecule has 0 fully saturated rings. The summed E-state index contributed by atoms with van der Waals surface area (Å²) in [5, 5.41) is 2.84. The molecular weight excluding hydrogens is 328 g/mol. The lowest BCUT2D eigenvalue weighted by atomic mass is 9.95. The van der Waals surface area contributed by atoms with Crippen LogP contribution in [0.4, 0.5) is 0 Å². The fourth-order valence-electron chi connectivity index (χ4n) is 2.83. The standard InChI is InChI=1S/C17H26N2O4S/c1-3-23-11-7-10-18-17(20)16-12-14-8-5-6-9-15(14)13-19(16)24(21,22)4-2/h5-6,8-9,16H,3-4,7,10-13H2,1-2H3,(H,18,20). The maximum absolute atomic E-state index is 12.6. The predicted molar refractivity (Wildman–Crippen MR) is 93.1 cm³/mol. The Morgan fingerprint density at radius 3 is 2.67 bits per heavy atom. The average Bonchev–Trinajstić information content (AvgIpc) is 2.60. The number of sulfonamides is 1. The van der Waals surface area contributed by atoms with Gasteiger partial charge in [0, 0.05) is 26.3 Å². The van der Waals surface area contributed by atoms with Crippen molar-refractivity contribution in [1.29, 1.82) is 0 Å². The quantitative estimate of drug-likeness (QED) is 0.714. The molecule has 1 amide bonds.